The Bertz CT molecular complexity index is 533. The number of ether oxygens (including phenoxy) is 3. The van der Waals surface area contributed by atoms with Gasteiger partial charge in [-0.15, -0.1) is 0 Å². The third-order valence-electron chi connectivity index (χ3n) is 4.16. The molecule has 1 aliphatic rings. The van der Waals surface area contributed by atoms with Crippen LogP contribution in [0.1, 0.15) is 19.3 Å². The van der Waals surface area contributed by atoms with Gasteiger partial charge in [0, 0.05) is 38.9 Å². The highest BCUT2D eigenvalue weighted by Gasteiger charge is 2.14. The van der Waals surface area contributed by atoms with Crippen LogP contribution >= 0.6 is 11.6 Å². The average molecular weight is 384 g/mol. The van der Waals surface area contributed by atoms with E-state index in [1.54, 1.807) is 7.05 Å². The maximum absolute atomic E-state index is 5.87. The Hall–Kier alpha value is -1.50. The highest BCUT2D eigenvalue weighted by Crippen LogP contribution is 2.15. The summed E-state index contributed by atoms with van der Waals surface area (Å²) in [5, 5.41) is 4.05. The molecule has 0 aliphatic carbocycles. The van der Waals surface area contributed by atoms with Crippen LogP contribution in [0.3, 0.4) is 0 Å². The molecule has 1 aromatic rings. The number of guanidine groups is 1. The number of halogens is 1. The molecule has 2 rings (SSSR count). The number of hydrogen-bond donors (Lipinski definition) is 1. The number of benzene rings is 1. The predicted molar refractivity (Wildman–Crippen MR) is 105 cm³/mol. The highest BCUT2D eigenvalue weighted by molar-refractivity contribution is 6.30. The van der Waals surface area contributed by atoms with Crippen LogP contribution in [-0.2, 0) is 9.47 Å². The van der Waals surface area contributed by atoms with Crippen LogP contribution in [0.15, 0.2) is 29.3 Å². The van der Waals surface area contributed by atoms with Gasteiger partial charge in [0.15, 0.2) is 5.96 Å². The lowest BCUT2D eigenvalue weighted by Gasteiger charge is -2.22. The fourth-order valence-corrected chi connectivity index (χ4v) is 2.81. The molecule has 0 bridgehead atoms. The Morgan fingerprint density at radius 1 is 1.35 bits per heavy atom. The minimum atomic E-state index is 0.294. The molecule has 0 radical (unpaired) electrons. The topological polar surface area (TPSA) is 55.3 Å². The maximum Gasteiger partial charge on any atom is 0.193 e. The molecule has 0 aromatic heterocycles. The normalized spacial score (nSPS) is 17.3. The second-order valence-electron chi connectivity index (χ2n) is 6.26. The van der Waals surface area contributed by atoms with Crippen molar-refractivity contribution in [3.63, 3.8) is 0 Å². The number of likely N-dealkylation sites (N-methyl/N-ethyl adjacent to an activating group) is 1. The zero-order valence-electron chi connectivity index (χ0n) is 15.7. The summed E-state index contributed by atoms with van der Waals surface area (Å²) in [5.41, 5.74) is 0. The minimum absolute atomic E-state index is 0.294. The van der Waals surface area contributed by atoms with Crippen LogP contribution in [0.4, 0.5) is 0 Å². The first-order valence-electron chi connectivity index (χ1n) is 9.18. The first-order chi connectivity index (χ1) is 12.7. The van der Waals surface area contributed by atoms with Gasteiger partial charge in [-0.3, -0.25) is 4.99 Å². The number of nitrogens with one attached hydrogen (secondary N) is 1. The van der Waals surface area contributed by atoms with Crippen molar-refractivity contribution in [3.8, 4) is 5.75 Å². The molecule has 1 atom stereocenters. The van der Waals surface area contributed by atoms with Gasteiger partial charge in [-0.2, -0.15) is 0 Å². The average Bonchev–Trinajstić information content (AvgIpc) is 3.16. The van der Waals surface area contributed by atoms with Crippen LogP contribution in [0.2, 0.25) is 5.02 Å². The van der Waals surface area contributed by atoms with E-state index in [-0.39, 0.29) is 0 Å². The summed E-state index contributed by atoms with van der Waals surface area (Å²) in [6.45, 7) is 4.44. The van der Waals surface area contributed by atoms with Gasteiger partial charge in [0.25, 0.3) is 0 Å². The van der Waals surface area contributed by atoms with Crippen molar-refractivity contribution >= 4 is 17.6 Å². The molecule has 1 fully saturated rings. The second kappa shape index (κ2) is 12.0. The van der Waals surface area contributed by atoms with E-state index in [0.717, 1.165) is 57.3 Å². The van der Waals surface area contributed by atoms with E-state index < -0.39 is 0 Å². The second-order valence-corrected chi connectivity index (χ2v) is 6.70. The molecular weight excluding hydrogens is 354 g/mol. The van der Waals surface area contributed by atoms with Crippen LogP contribution in [0.5, 0.6) is 5.75 Å². The van der Waals surface area contributed by atoms with Gasteiger partial charge in [-0.05, 0) is 43.5 Å². The third-order valence-corrected chi connectivity index (χ3v) is 4.41. The standard InChI is InChI=1S/C19H30ClN3O3/c1-21-19(22-10-4-12-24-15-18-5-3-13-25-18)23(2)11-14-26-17-8-6-16(20)7-9-17/h6-9,18H,3-5,10-15H2,1-2H3,(H,21,22). The summed E-state index contributed by atoms with van der Waals surface area (Å²) < 4.78 is 16.9. The first kappa shape index (κ1) is 20.8. The fourth-order valence-electron chi connectivity index (χ4n) is 2.69. The Morgan fingerprint density at radius 2 is 2.15 bits per heavy atom. The van der Waals surface area contributed by atoms with E-state index in [9.17, 15) is 0 Å². The Kier molecular flexibility index (Phi) is 9.60. The summed E-state index contributed by atoms with van der Waals surface area (Å²) >= 11 is 5.87. The molecule has 0 spiro atoms. The minimum Gasteiger partial charge on any atom is -0.492 e. The number of nitrogens with zero attached hydrogens (tertiary/aromatic N) is 2. The van der Waals surface area contributed by atoms with Crippen molar-refractivity contribution in [2.45, 2.75) is 25.4 Å². The van der Waals surface area contributed by atoms with Gasteiger partial charge in [0.1, 0.15) is 12.4 Å². The van der Waals surface area contributed by atoms with Gasteiger partial charge >= 0.3 is 0 Å². The van der Waals surface area contributed by atoms with Gasteiger partial charge in [-0.25, -0.2) is 0 Å². The lowest BCUT2D eigenvalue weighted by molar-refractivity contribution is 0.0168. The van der Waals surface area contributed by atoms with E-state index in [1.807, 2.05) is 36.2 Å². The molecule has 6 nitrogen and oxygen atoms in total. The summed E-state index contributed by atoms with van der Waals surface area (Å²) in [4.78, 5) is 6.35. The molecule has 26 heavy (non-hydrogen) atoms. The monoisotopic (exact) mass is 383 g/mol. The Balaban J connectivity index is 1.54. The van der Waals surface area contributed by atoms with Gasteiger partial charge in [0.2, 0.25) is 0 Å². The number of hydrogen-bond acceptors (Lipinski definition) is 4. The molecule has 0 saturated carbocycles. The van der Waals surface area contributed by atoms with Gasteiger partial charge in [0.05, 0.1) is 19.3 Å². The van der Waals surface area contributed by atoms with Gasteiger partial charge < -0.3 is 24.4 Å². The third kappa shape index (κ3) is 7.81. The van der Waals surface area contributed by atoms with Crippen molar-refractivity contribution in [1.29, 1.82) is 0 Å². The smallest absolute Gasteiger partial charge is 0.193 e. The number of aliphatic imine (C=N–C) groups is 1. The van der Waals surface area contributed by atoms with Crippen LogP contribution < -0.4 is 10.1 Å². The van der Waals surface area contributed by atoms with Crippen LogP contribution in [-0.4, -0.2) is 70.6 Å². The molecule has 7 heteroatoms. The maximum atomic E-state index is 5.87. The quantitative estimate of drug-likeness (QED) is 0.382. The van der Waals surface area contributed by atoms with E-state index >= 15 is 0 Å². The van der Waals surface area contributed by atoms with Crippen molar-refractivity contribution < 1.29 is 14.2 Å². The van der Waals surface area contributed by atoms with Gasteiger partial charge in [-0.1, -0.05) is 11.6 Å². The van der Waals surface area contributed by atoms with Crippen LogP contribution in [0, 0.1) is 0 Å². The summed E-state index contributed by atoms with van der Waals surface area (Å²) in [6.07, 6.45) is 3.50. The summed E-state index contributed by atoms with van der Waals surface area (Å²) in [6, 6.07) is 7.38. The molecule has 1 unspecified atom stereocenters. The predicted octanol–water partition coefficient (Wildman–Crippen LogP) is 2.81. The van der Waals surface area contributed by atoms with E-state index in [4.69, 9.17) is 25.8 Å². The molecule has 146 valence electrons. The largest absolute Gasteiger partial charge is 0.492 e. The number of rotatable bonds is 10. The van der Waals surface area contributed by atoms with Crippen molar-refractivity contribution in [2.75, 3.05) is 53.6 Å². The Morgan fingerprint density at radius 3 is 2.85 bits per heavy atom. The zero-order chi connectivity index (χ0) is 18.6. The summed E-state index contributed by atoms with van der Waals surface area (Å²) in [7, 11) is 3.78. The zero-order valence-corrected chi connectivity index (χ0v) is 16.5. The van der Waals surface area contributed by atoms with E-state index in [2.05, 4.69) is 10.3 Å². The lowest BCUT2D eigenvalue weighted by Crippen LogP contribution is -2.41. The molecule has 0 amide bonds. The molecule has 1 saturated heterocycles. The molecule has 1 heterocycles. The highest BCUT2D eigenvalue weighted by atomic mass is 35.5. The Labute approximate surface area is 161 Å². The lowest BCUT2D eigenvalue weighted by atomic mass is 10.2. The molecule has 1 aliphatic heterocycles. The van der Waals surface area contributed by atoms with E-state index in [0.29, 0.717) is 24.3 Å². The molecule has 1 N–H and O–H groups in total. The van der Waals surface area contributed by atoms with Crippen LogP contribution in [0.25, 0.3) is 0 Å². The summed E-state index contributed by atoms with van der Waals surface area (Å²) in [5.74, 6) is 1.66. The van der Waals surface area contributed by atoms with Crippen molar-refractivity contribution in [2.24, 2.45) is 4.99 Å². The molecule has 1 aromatic carbocycles. The SMILES string of the molecule is CN=C(NCCCOCC1CCCO1)N(C)CCOc1ccc(Cl)cc1. The van der Waals surface area contributed by atoms with Crippen molar-refractivity contribution in [1.82, 2.24) is 10.2 Å². The van der Waals surface area contributed by atoms with Crippen molar-refractivity contribution in [3.05, 3.63) is 29.3 Å². The molecular formula is C19H30ClN3O3. The van der Waals surface area contributed by atoms with E-state index in [1.165, 1.54) is 0 Å². The fraction of sp³-hybridized carbons (Fsp3) is 0.632. The first-order valence-corrected chi connectivity index (χ1v) is 9.56.